The third-order valence-electron chi connectivity index (χ3n) is 3.63. The lowest BCUT2D eigenvalue weighted by Gasteiger charge is -2.28. The van der Waals surface area contributed by atoms with Gasteiger partial charge in [-0.3, -0.25) is 14.9 Å². The summed E-state index contributed by atoms with van der Waals surface area (Å²) in [5.41, 5.74) is 0.436. The van der Waals surface area contributed by atoms with Crippen molar-refractivity contribution in [3.05, 3.63) is 34.3 Å². The molecule has 0 bridgehead atoms. The van der Waals surface area contributed by atoms with Crippen LogP contribution in [0.1, 0.15) is 31.7 Å². The maximum absolute atomic E-state index is 11.8. The minimum Gasteiger partial charge on any atom is -0.296 e. The second-order valence-electron chi connectivity index (χ2n) is 4.74. The molecule has 90 valence electrons. The van der Waals surface area contributed by atoms with Crippen LogP contribution in [0.3, 0.4) is 0 Å². The van der Waals surface area contributed by atoms with Gasteiger partial charge in [0.2, 0.25) is 11.8 Å². The van der Waals surface area contributed by atoms with E-state index in [9.17, 15) is 9.59 Å². The van der Waals surface area contributed by atoms with E-state index in [1.54, 1.807) is 0 Å². The van der Waals surface area contributed by atoms with E-state index in [4.69, 9.17) is 0 Å². The van der Waals surface area contributed by atoms with E-state index in [0.717, 1.165) is 10.0 Å². The Morgan fingerprint density at radius 3 is 2.35 bits per heavy atom. The van der Waals surface area contributed by atoms with Crippen LogP contribution in [0.15, 0.2) is 28.7 Å². The zero-order valence-corrected chi connectivity index (χ0v) is 11.4. The summed E-state index contributed by atoms with van der Waals surface area (Å²) in [6.07, 6.45) is 0.267. The lowest BCUT2D eigenvalue weighted by molar-refractivity contribution is -0.128. The first-order valence-electron chi connectivity index (χ1n) is 5.53. The quantitative estimate of drug-likeness (QED) is 0.853. The van der Waals surface area contributed by atoms with Gasteiger partial charge in [0, 0.05) is 10.9 Å². The second-order valence-corrected chi connectivity index (χ2v) is 5.66. The Hall–Kier alpha value is -1.16. The number of halogens is 1. The van der Waals surface area contributed by atoms with Gasteiger partial charge in [0.15, 0.2) is 0 Å². The first-order valence-corrected chi connectivity index (χ1v) is 6.32. The van der Waals surface area contributed by atoms with Gasteiger partial charge in [0.05, 0.1) is 5.41 Å². The minimum absolute atomic E-state index is 0.0158. The number of imide groups is 1. The molecule has 3 nitrogen and oxygen atoms in total. The lowest BCUT2D eigenvalue weighted by Crippen LogP contribution is -2.33. The molecule has 1 unspecified atom stereocenters. The molecule has 4 heteroatoms. The van der Waals surface area contributed by atoms with Crippen LogP contribution in [0.25, 0.3) is 0 Å². The second kappa shape index (κ2) is 4.26. The average molecular weight is 296 g/mol. The van der Waals surface area contributed by atoms with Crippen LogP contribution in [0.5, 0.6) is 0 Å². The van der Waals surface area contributed by atoms with Crippen LogP contribution in [0.2, 0.25) is 0 Å². The number of benzene rings is 1. The Bertz CT molecular complexity index is 469. The van der Waals surface area contributed by atoms with Crippen molar-refractivity contribution in [3.63, 3.8) is 0 Å². The van der Waals surface area contributed by atoms with Crippen LogP contribution >= 0.6 is 15.9 Å². The predicted octanol–water partition coefficient (Wildman–Crippen LogP) is 2.61. The number of nitrogens with one attached hydrogen (secondary N) is 1. The highest BCUT2D eigenvalue weighted by molar-refractivity contribution is 9.10. The van der Waals surface area contributed by atoms with Crippen LogP contribution in [0, 0.1) is 5.41 Å². The molecule has 17 heavy (non-hydrogen) atoms. The Balaban J connectivity index is 2.31. The van der Waals surface area contributed by atoms with Gasteiger partial charge < -0.3 is 0 Å². The van der Waals surface area contributed by atoms with Crippen LogP contribution < -0.4 is 5.32 Å². The fourth-order valence-corrected chi connectivity index (χ4v) is 2.46. The molecule has 1 N–H and O–H groups in total. The average Bonchev–Trinajstić information content (AvgIpc) is 2.54. The summed E-state index contributed by atoms with van der Waals surface area (Å²) in [6.45, 7) is 3.83. The van der Waals surface area contributed by atoms with Gasteiger partial charge in [-0.1, -0.05) is 35.0 Å². The summed E-state index contributed by atoms with van der Waals surface area (Å²) < 4.78 is 1.01. The van der Waals surface area contributed by atoms with E-state index >= 15 is 0 Å². The summed E-state index contributed by atoms with van der Waals surface area (Å²) >= 11 is 3.38. The molecule has 0 saturated carbocycles. The Kier molecular flexibility index (Phi) is 3.08. The van der Waals surface area contributed by atoms with Gasteiger partial charge >= 0.3 is 0 Å². The van der Waals surface area contributed by atoms with Crippen molar-refractivity contribution in [1.29, 1.82) is 0 Å². The van der Waals surface area contributed by atoms with Gasteiger partial charge in [0.1, 0.15) is 0 Å². The number of hydrogen-bond donors (Lipinski definition) is 1. The molecule has 2 atom stereocenters. The topological polar surface area (TPSA) is 46.2 Å². The van der Waals surface area contributed by atoms with Gasteiger partial charge in [-0.15, -0.1) is 0 Å². The van der Waals surface area contributed by atoms with E-state index in [0.29, 0.717) is 0 Å². The van der Waals surface area contributed by atoms with Crippen molar-refractivity contribution in [2.24, 2.45) is 5.41 Å². The van der Waals surface area contributed by atoms with Crippen LogP contribution in [-0.2, 0) is 9.59 Å². The van der Waals surface area contributed by atoms with Crippen LogP contribution in [0.4, 0.5) is 0 Å². The third-order valence-corrected chi connectivity index (χ3v) is 4.15. The largest absolute Gasteiger partial charge is 0.296 e. The highest BCUT2D eigenvalue weighted by Gasteiger charge is 2.46. The van der Waals surface area contributed by atoms with Crippen molar-refractivity contribution in [3.8, 4) is 0 Å². The molecule has 1 aliphatic rings. The number of hydrogen-bond acceptors (Lipinski definition) is 2. The summed E-state index contributed by atoms with van der Waals surface area (Å²) in [7, 11) is 0. The van der Waals surface area contributed by atoms with Gasteiger partial charge in [0.25, 0.3) is 0 Å². The zero-order valence-electron chi connectivity index (χ0n) is 9.79. The van der Waals surface area contributed by atoms with Crippen molar-refractivity contribution in [1.82, 2.24) is 5.32 Å². The maximum atomic E-state index is 11.8. The smallest absolute Gasteiger partial charge is 0.233 e. The van der Waals surface area contributed by atoms with Crippen LogP contribution in [-0.4, -0.2) is 11.8 Å². The normalized spacial score (nSPS) is 25.8. The SMILES string of the molecule is CC(c1ccc(Br)cc1)[C@@]1(C)CC(=O)NC1=O. The monoisotopic (exact) mass is 295 g/mol. The Morgan fingerprint density at radius 1 is 1.29 bits per heavy atom. The summed E-state index contributed by atoms with van der Waals surface area (Å²) in [5, 5.41) is 2.38. The standard InChI is InChI=1S/C13H14BrNO2/c1-8(9-3-5-10(14)6-4-9)13(2)7-11(16)15-12(13)17/h3-6,8H,7H2,1-2H3,(H,15,16,17)/t8?,13-/m1/s1. The Labute approximate surface area is 109 Å². The minimum atomic E-state index is -0.634. The van der Waals surface area contributed by atoms with Crippen molar-refractivity contribution in [2.75, 3.05) is 0 Å². The summed E-state index contributed by atoms with van der Waals surface area (Å²) in [6, 6.07) is 7.86. The zero-order chi connectivity index (χ0) is 12.6. The van der Waals surface area contributed by atoms with E-state index in [2.05, 4.69) is 21.2 Å². The highest BCUT2D eigenvalue weighted by Crippen LogP contribution is 2.41. The molecule has 1 aromatic carbocycles. The molecule has 0 aromatic heterocycles. The van der Waals surface area contributed by atoms with Gasteiger partial charge in [-0.2, -0.15) is 0 Å². The maximum Gasteiger partial charge on any atom is 0.233 e. The fourth-order valence-electron chi connectivity index (χ4n) is 2.20. The molecule has 2 amide bonds. The Morgan fingerprint density at radius 2 is 1.88 bits per heavy atom. The highest BCUT2D eigenvalue weighted by atomic mass is 79.9. The number of rotatable bonds is 2. The van der Waals surface area contributed by atoms with E-state index < -0.39 is 5.41 Å². The molecule has 1 aliphatic heterocycles. The lowest BCUT2D eigenvalue weighted by atomic mass is 9.73. The van der Waals surface area contributed by atoms with Crippen molar-refractivity contribution < 1.29 is 9.59 Å². The predicted molar refractivity (Wildman–Crippen MR) is 68.4 cm³/mol. The number of amides is 2. The molecule has 0 spiro atoms. The molecule has 0 aliphatic carbocycles. The summed E-state index contributed by atoms with van der Waals surface area (Å²) in [5.74, 6) is -0.332. The summed E-state index contributed by atoms with van der Waals surface area (Å²) in [4.78, 5) is 23.2. The molecule has 1 saturated heterocycles. The number of carbonyl (C=O) groups is 2. The first-order chi connectivity index (χ1) is 7.93. The van der Waals surface area contributed by atoms with Crippen molar-refractivity contribution in [2.45, 2.75) is 26.2 Å². The first kappa shape index (κ1) is 12.3. The fraction of sp³-hybridized carbons (Fsp3) is 0.385. The van der Waals surface area contributed by atoms with Crippen molar-refractivity contribution >= 4 is 27.7 Å². The molecule has 1 fully saturated rings. The van der Waals surface area contributed by atoms with E-state index in [1.807, 2.05) is 38.1 Å². The molecular weight excluding hydrogens is 282 g/mol. The van der Waals surface area contributed by atoms with E-state index in [-0.39, 0.29) is 24.2 Å². The van der Waals surface area contributed by atoms with E-state index in [1.165, 1.54) is 0 Å². The third kappa shape index (κ3) is 2.14. The molecule has 1 heterocycles. The van der Waals surface area contributed by atoms with Gasteiger partial charge in [-0.25, -0.2) is 0 Å². The molecular formula is C13H14BrNO2. The molecule has 2 rings (SSSR count). The van der Waals surface area contributed by atoms with Gasteiger partial charge in [-0.05, 0) is 30.5 Å². The molecule has 0 radical (unpaired) electrons. The number of carbonyl (C=O) groups excluding carboxylic acids is 2. The molecule has 1 aromatic rings.